The summed E-state index contributed by atoms with van der Waals surface area (Å²) in [6.07, 6.45) is 8.79. The van der Waals surface area contributed by atoms with Crippen LogP contribution in [0.25, 0.3) is 27.3 Å². The zero-order valence-electron chi connectivity index (χ0n) is 8.78. The van der Waals surface area contributed by atoms with E-state index in [0.29, 0.717) is 0 Å². The van der Waals surface area contributed by atoms with E-state index in [1.54, 1.807) is 29.4 Å². The molecule has 0 amide bonds. The van der Waals surface area contributed by atoms with Crippen molar-refractivity contribution in [3.8, 4) is 0 Å². The second-order valence-electron chi connectivity index (χ2n) is 3.82. The first-order chi connectivity index (χ1) is 8.43. The zero-order chi connectivity index (χ0) is 11.2. The van der Waals surface area contributed by atoms with E-state index in [1.165, 1.54) is 0 Å². The molecule has 0 radical (unpaired) electrons. The van der Waals surface area contributed by atoms with Crippen LogP contribution in [0.3, 0.4) is 0 Å². The molecule has 0 aromatic carbocycles. The highest BCUT2D eigenvalue weighted by Gasteiger charge is 2.08. The molecule has 0 aliphatic rings. The van der Waals surface area contributed by atoms with Gasteiger partial charge in [0.05, 0.1) is 17.2 Å². The van der Waals surface area contributed by atoms with Crippen LogP contribution in [0.15, 0.2) is 43.2 Å². The molecule has 0 N–H and O–H groups in total. The third-order valence-corrected chi connectivity index (χ3v) is 2.87. The molecule has 0 aliphatic heterocycles. The standard InChI is InChI=1S/C12H7N5/c1-3-13-6-10-8(1)12-9(5-15-10)11-2-4-14-7-17(11)16-12/h1-7H. The molecule has 0 saturated heterocycles. The summed E-state index contributed by atoms with van der Waals surface area (Å²) in [7, 11) is 0. The van der Waals surface area contributed by atoms with E-state index in [1.807, 2.05) is 18.3 Å². The van der Waals surface area contributed by atoms with Crippen molar-refractivity contribution in [2.24, 2.45) is 0 Å². The number of fused-ring (bicyclic) bond motifs is 5. The molecule has 4 rings (SSSR count). The fourth-order valence-corrected chi connectivity index (χ4v) is 2.08. The molecular formula is C12H7N5. The number of nitrogens with zero attached hydrogens (tertiary/aromatic N) is 5. The Balaban J connectivity index is 2.34. The maximum absolute atomic E-state index is 4.53. The number of aromatic nitrogens is 5. The first kappa shape index (κ1) is 8.58. The van der Waals surface area contributed by atoms with Crippen LogP contribution in [0.4, 0.5) is 0 Å². The molecule has 0 bridgehead atoms. The van der Waals surface area contributed by atoms with Gasteiger partial charge in [-0.3, -0.25) is 9.97 Å². The van der Waals surface area contributed by atoms with Gasteiger partial charge in [-0.2, -0.15) is 5.10 Å². The lowest BCUT2D eigenvalue weighted by atomic mass is 10.2. The Hall–Kier alpha value is -2.56. The second kappa shape index (κ2) is 2.98. The van der Waals surface area contributed by atoms with Crippen molar-refractivity contribution in [2.45, 2.75) is 0 Å². The summed E-state index contributed by atoms with van der Waals surface area (Å²) in [5.74, 6) is 0. The van der Waals surface area contributed by atoms with E-state index in [2.05, 4.69) is 20.1 Å². The summed E-state index contributed by atoms with van der Waals surface area (Å²) in [4.78, 5) is 12.5. The fraction of sp³-hybridized carbons (Fsp3) is 0. The minimum absolute atomic E-state index is 0.858. The molecule has 0 unspecified atom stereocenters. The largest absolute Gasteiger partial charge is 0.262 e. The Bertz CT molecular complexity index is 849. The average molecular weight is 221 g/mol. The van der Waals surface area contributed by atoms with Gasteiger partial charge in [-0.05, 0) is 12.1 Å². The number of hydrogen-bond donors (Lipinski definition) is 0. The van der Waals surface area contributed by atoms with Crippen molar-refractivity contribution in [3.05, 3.63) is 43.2 Å². The van der Waals surface area contributed by atoms with Gasteiger partial charge in [0.1, 0.15) is 11.8 Å². The van der Waals surface area contributed by atoms with Gasteiger partial charge in [0, 0.05) is 29.4 Å². The van der Waals surface area contributed by atoms with Crippen molar-refractivity contribution < 1.29 is 0 Å². The molecule has 17 heavy (non-hydrogen) atoms. The minimum Gasteiger partial charge on any atom is -0.262 e. The molecular weight excluding hydrogens is 214 g/mol. The first-order valence-corrected chi connectivity index (χ1v) is 5.24. The van der Waals surface area contributed by atoms with Crippen LogP contribution in [0.2, 0.25) is 0 Å². The van der Waals surface area contributed by atoms with Crippen LogP contribution in [-0.4, -0.2) is 24.6 Å². The lowest BCUT2D eigenvalue weighted by Crippen LogP contribution is -1.86. The Morgan fingerprint density at radius 2 is 1.88 bits per heavy atom. The third-order valence-electron chi connectivity index (χ3n) is 2.87. The summed E-state index contributed by atoms with van der Waals surface area (Å²) in [5.41, 5.74) is 2.81. The lowest BCUT2D eigenvalue weighted by Gasteiger charge is -1.95. The topological polar surface area (TPSA) is 56.0 Å². The molecule has 0 fully saturated rings. The first-order valence-electron chi connectivity index (χ1n) is 5.24. The van der Waals surface area contributed by atoms with E-state index in [0.717, 1.165) is 27.3 Å². The van der Waals surface area contributed by atoms with Crippen molar-refractivity contribution >= 4 is 27.3 Å². The highest BCUT2D eigenvalue weighted by atomic mass is 15.2. The van der Waals surface area contributed by atoms with Crippen LogP contribution in [0, 0.1) is 0 Å². The molecule has 4 aromatic rings. The van der Waals surface area contributed by atoms with Gasteiger partial charge < -0.3 is 0 Å². The molecule has 4 aromatic heterocycles. The summed E-state index contributed by atoms with van der Waals surface area (Å²) in [5, 5.41) is 6.58. The molecule has 5 heteroatoms. The summed E-state index contributed by atoms with van der Waals surface area (Å²) >= 11 is 0. The molecule has 0 spiro atoms. The summed E-state index contributed by atoms with van der Waals surface area (Å²) in [6, 6.07) is 3.87. The minimum atomic E-state index is 0.858. The number of pyridine rings is 2. The van der Waals surface area contributed by atoms with Gasteiger partial charge in [-0.1, -0.05) is 0 Å². The lowest BCUT2D eigenvalue weighted by molar-refractivity contribution is 0.939. The second-order valence-corrected chi connectivity index (χ2v) is 3.82. The van der Waals surface area contributed by atoms with Crippen LogP contribution < -0.4 is 0 Å². The van der Waals surface area contributed by atoms with Crippen LogP contribution >= 0.6 is 0 Å². The normalized spacial score (nSPS) is 11.5. The Labute approximate surface area is 95.8 Å². The Morgan fingerprint density at radius 1 is 0.941 bits per heavy atom. The predicted molar refractivity (Wildman–Crippen MR) is 63.6 cm³/mol. The molecule has 5 nitrogen and oxygen atoms in total. The average Bonchev–Trinajstić information content (AvgIpc) is 2.78. The monoisotopic (exact) mass is 221 g/mol. The van der Waals surface area contributed by atoms with Crippen molar-refractivity contribution in [1.29, 1.82) is 0 Å². The number of rotatable bonds is 0. The SMILES string of the molecule is c1cc2c(cn1)ncc1c2nn2cnccc12. The molecule has 0 saturated carbocycles. The maximum Gasteiger partial charge on any atom is 0.117 e. The van der Waals surface area contributed by atoms with E-state index in [-0.39, 0.29) is 0 Å². The Morgan fingerprint density at radius 3 is 2.88 bits per heavy atom. The van der Waals surface area contributed by atoms with Crippen LogP contribution in [-0.2, 0) is 0 Å². The third kappa shape index (κ3) is 1.08. The summed E-state index contributed by atoms with van der Waals surface area (Å²) in [6.45, 7) is 0. The van der Waals surface area contributed by atoms with Crippen LogP contribution in [0.1, 0.15) is 0 Å². The Kier molecular flexibility index (Phi) is 1.50. The van der Waals surface area contributed by atoms with Gasteiger partial charge in [0.25, 0.3) is 0 Å². The number of hydrogen-bond acceptors (Lipinski definition) is 4. The molecule has 4 heterocycles. The van der Waals surface area contributed by atoms with Gasteiger partial charge >= 0.3 is 0 Å². The highest BCUT2D eigenvalue weighted by Crippen LogP contribution is 2.24. The van der Waals surface area contributed by atoms with Crippen molar-refractivity contribution in [3.63, 3.8) is 0 Å². The van der Waals surface area contributed by atoms with E-state index >= 15 is 0 Å². The van der Waals surface area contributed by atoms with E-state index in [9.17, 15) is 0 Å². The molecule has 0 aliphatic carbocycles. The van der Waals surface area contributed by atoms with Gasteiger partial charge in [0.2, 0.25) is 0 Å². The fourth-order valence-electron chi connectivity index (χ4n) is 2.08. The van der Waals surface area contributed by atoms with Crippen molar-refractivity contribution in [1.82, 2.24) is 24.6 Å². The van der Waals surface area contributed by atoms with Gasteiger partial charge in [-0.15, -0.1) is 0 Å². The predicted octanol–water partition coefficient (Wildman–Crippen LogP) is 1.83. The zero-order valence-corrected chi connectivity index (χ0v) is 8.78. The van der Waals surface area contributed by atoms with Crippen LogP contribution in [0.5, 0.6) is 0 Å². The molecule has 0 atom stereocenters. The maximum atomic E-state index is 4.53. The van der Waals surface area contributed by atoms with Gasteiger partial charge in [0.15, 0.2) is 0 Å². The highest BCUT2D eigenvalue weighted by molar-refractivity contribution is 6.08. The van der Waals surface area contributed by atoms with Gasteiger partial charge in [-0.25, -0.2) is 9.50 Å². The van der Waals surface area contributed by atoms with E-state index < -0.39 is 0 Å². The smallest absolute Gasteiger partial charge is 0.117 e. The molecule has 80 valence electrons. The quantitative estimate of drug-likeness (QED) is 0.454. The van der Waals surface area contributed by atoms with E-state index in [4.69, 9.17) is 0 Å². The van der Waals surface area contributed by atoms with Crippen molar-refractivity contribution in [2.75, 3.05) is 0 Å². The summed E-state index contributed by atoms with van der Waals surface area (Å²) < 4.78 is 1.77.